The lowest BCUT2D eigenvalue weighted by Crippen LogP contribution is -2.44. The quantitative estimate of drug-likeness (QED) is 0.396. The highest BCUT2D eigenvalue weighted by Crippen LogP contribution is 2.42. The van der Waals surface area contributed by atoms with Gasteiger partial charge in [-0.05, 0) is 69.1 Å². The van der Waals surface area contributed by atoms with Crippen LogP contribution in [0.1, 0.15) is 67.3 Å². The summed E-state index contributed by atoms with van der Waals surface area (Å²) in [5.74, 6) is -1.78. The van der Waals surface area contributed by atoms with Crippen molar-refractivity contribution in [1.82, 2.24) is 14.8 Å². The van der Waals surface area contributed by atoms with Crippen molar-refractivity contribution >= 4 is 33.2 Å². The SMILES string of the molecule is Cc1nc(C2CCN(C(=O)[C@H]3CN(C4CCOCC4)C[C@H]3c3ccc(F)cc3F)CC2)c(N(CC2CC2)S(C)(=O)=O)cc1Cl. The molecule has 3 aliphatic heterocycles. The first-order valence-corrected chi connectivity index (χ1v) is 17.9. The molecule has 4 heterocycles. The van der Waals surface area contributed by atoms with Gasteiger partial charge in [-0.15, -0.1) is 0 Å². The van der Waals surface area contributed by atoms with Gasteiger partial charge >= 0.3 is 0 Å². The molecule has 1 aliphatic carbocycles. The Balaban J connectivity index is 1.21. The Bertz CT molecular complexity index is 1490. The molecule has 0 spiro atoms. The van der Waals surface area contributed by atoms with Crippen molar-refractivity contribution in [3.63, 3.8) is 0 Å². The van der Waals surface area contributed by atoms with E-state index in [0.29, 0.717) is 92.4 Å². The van der Waals surface area contributed by atoms with Gasteiger partial charge in [-0.25, -0.2) is 17.2 Å². The average molecular weight is 651 g/mol. The second-order valence-electron chi connectivity index (χ2n) is 13.0. The Labute approximate surface area is 263 Å². The smallest absolute Gasteiger partial charge is 0.232 e. The normalized spacial score (nSPS) is 24.2. The minimum atomic E-state index is -3.55. The van der Waals surface area contributed by atoms with E-state index in [0.717, 1.165) is 31.7 Å². The third-order valence-corrected chi connectivity index (χ3v) is 11.4. The van der Waals surface area contributed by atoms with E-state index < -0.39 is 27.6 Å². The predicted octanol–water partition coefficient (Wildman–Crippen LogP) is 5.10. The molecule has 6 rings (SSSR count). The molecule has 0 bridgehead atoms. The number of carbonyl (C=O) groups excluding carboxylic acids is 1. The van der Waals surface area contributed by atoms with Gasteiger partial charge in [0.15, 0.2) is 0 Å². The van der Waals surface area contributed by atoms with Crippen molar-refractivity contribution in [2.75, 3.05) is 56.5 Å². The molecule has 8 nitrogen and oxygen atoms in total. The first-order valence-electron chi connectivity index (χ1n) is 15.7. The number of sulfonamides is 1. The van der Waals surface area contributed by atoms with Crippen LogP contribution in [0.3, 0.4) is 0 Å². The molecule has 0 unspecified atom stereocenters. The van der Waals surface area contributed by atoms with Crippen LogP contribution < -0.4 is 4.31 Å². The van der Waals surface area contributed by atoms with Gasteiger partial charge in [0.1, 0.15) is 11.6 Å². The molecule has 2 aromatic rings. The van der Waals surface area contributed by atoms with Gasteiger partial charge in [0.25, 0.3) is 0 Å². The Kier molecular flexibility index (Phi) is 9.21. The van der Waals surface area contributed by atoms with Crippen LogP contribution >= 0.6 is 11.6 Å². The summed E-state index contributed by atoms with van der Waals surface area (Å²) in [6, 6.07) is 5.65. The van der Waals surface area contributed by atoms with Crippen molar-refractivity contribution in [3.8, 4) is 0 Å². The number of benzene rings is 1. The van der Waals surface area contributed by atoms with E-state index in [1.165, 1.54) is 22.7 Å². The highest BCUT2D eigenvalue weighted by atomic mass is 35.5. The van der Waals surface area contributed by atoms with Crippen molar-refractivity contribution in [3.05, 3.63) is 57.9 Å². The Morgan fingerprint density at radius 2 is 1.77 bits per heavy atom. The van der Waals surface area contributed by atoms with Crippen LogP contribution in [0.2, 0.25) is 5.02 Å². The molecule has 44 heavy (non-hydrogen) atoms. The maximum Gasteiger partial charge on any atom is 0.232 e. The number of amides is 1. The Morgan fingerprint density at radius 3 is 2.41 bits per heavy atom. The number of pyridine rings is 1. The number of aryl methyl sites for hydroxylation is 1. The largest absolute Gasteiger partial charge is 0.381 e. The summed E-state index contributed by atoms with van der Waals surface area (Å²) in [5, 5.41) is 0.426. The van der Waals surface area contributed by atoms with E-state index in [-0.39, 0.29) is 23.8 Å². The summed E-state index contributed by atoms with van der Waals surface area (Å²) in [5.41, 5.74) is 2.28. The van der Waals surface area contributed by atoms with Gasteiger partial charge in [-0.1, -0.05) is 17.7 Å². The van der Waals surface area contributed by atoms with Gasteiger partial charge in [-0.2, -0.15) is 0 Å². The van der Waals surface area contributed by atoms with E-state index in [4.69, 9.17) is 21.3 Å². The first kappa shape index (κ1) is 31.6. The van der Waals surface area contributed by atoms with Crippen LogP contribution in [0.4, 0.5) is 14.5 Å². The minimum Gasteiger partial charge on any atom is -0.381 e. The van der Waals surface area contributed by atoms with E-state index in [1.54, 1.807) is 6.07 Å². The number of anilines is 1. The molecule has 4 fully saturated rings. The fourth-order valence-electron chi connectivity index (χ4n) is 7.20. The zero-order chi connectivity index (χ0) is 31.2. The predicted molar refractivity (Wildman–Crippen MR) is 165 cm³/mol. The molecule has 1 amide bonds. The number of nitrogens with zero attached hydrogens (tertiary/aromatic N) is 4. The average Bonchev–Trinajstić information content (AvgIpc) is 3.72. The number of rotatable bonds is 8. The molecular weight excluding hydrogens is 610 g/mol. The van der Waals surface area contributed by atoms with Gasteiger partial charge in [0.05, 0.1) is 34.3 Å². The zero-order valence-electron chi connectivity index (χ0n) is 25.4. The van der Waals surface area contributed by atoms with Crippen molar-refractivity contribution < 1.29 is 26.7 Å². The standard InChI is InChI=1S/C32H41ClF2N4O4S/c1-20-28(33)16-30(39(44(2,41)42)17-21-3-4-21)31(36-20)22-7-11-37(12-8-22)32(40)27-19-38(24-9-13-43-14-10-24)18-26(27)25-6-5-23(34)15-29(25)35/h5-6,15-16,21-22,24,26-27H,3-4,7-14,17-19H2,1-2H3/t26-,27-/m0/s1. The fraction of sp³-hybridized carbons (Fsp3) is 0.625. The number of likely N-dealkylation sites (tertiary alicyclic amines) is 2. The third-order valence-electron chi connectivity index (χ3n) is 9.88. The monoisotopic (exact) mass is 650 g/mol. The van der Waals surface area contributed by atoms with Crippen LogP contribution in [0, 0.1) is 30.4 Å². The van der Waals surface area contributed by atoms with Crippen LogP contribution in [-0.2, 0) is 19.6 Å². The Morgan fingerprint density at radius 1 is 1.07 bits per heavy atom. The number of aromatic nitrogens is 1. The molecule has 2 atom stereocenters. The molecule has 1 aromatic heterocycles. The molecule has 12 heteroatoms. The first-order chi connectivity index (χ1) is 21.0. The number of ether oxygens (including phenoxy) is 1. The summed E-state index contributed by atoms with van der Waals surface area (Å²) in [6.45, 7) is 5.61. The van der Waals surface area contributed by atoms with Gasteiger partial charge in [0, 0.05) is 69.9 Å². The number of piperidine rings is 1. The lowest BCUT2D eigenvalue weighted by atomic mass is 9.86. The summed E-state index contributed by atoms with van der Waals surface area (Å²) in [7, 11) is -3.55. The summed E-state index contributed by atoms with van der Waals surface area (Å²) >= 11 is 6.46. The summed E-state index contributed by atoms with van der Waals surface area (Å²) < 4.78 is 61.6. The van der Waals surface area contributed by atoms with E-state index in [9.17, 15) is 17.6 Å². The molecule has 1 saturated carbocycles. The number of halogens is 3. The third kappa shape index (κ3) is 6.76. The minimum absolute atomic E-state index is 0.0151. The highest BCUT2D eigenvalue weighted by Gasteiger charge is 2.44. The van der Waals surface area contributed by atoms with Crippen molar-refractivity contribution in [2.24, 2.45) is 11.8 Å². The van der Waals surface area contributed by atoms with Crippen LogP contribution in [0.15, 0.2) is 24.3 Å². The number of hydrogen-bond acceptors (Lipinski definition) is 6. The molecule has 4 aliphatic rings. The highest BCUT2D eigenvalue weighted by molar-refractivity contribution is 7.92. The van der Waals surface area contributed by atoms with Gasteiger partial charge < -0.3 is 9.64 Å². The van der Waals surface area contributed by atoms with Crippen molar-refractivity contribution in [2.45, 2.75) is 63.3 Å². The fourth-order valence-corrected chi connectivity index (χ4v) is 8.33. The molecule has 1 aromatic carbocycles. The van der Waals surface area contributed by atoms with Crippen LogP contribution in [0.25, 0.3) is 0 Å². The number of carbonyl (C=O) groups is 1. The Hall–Kier alpha value is -2.34. The topological polar surface area (TPSA) is 83.1 Å². The lowest BCUT2D eigenvalue weighted by Gasteiger charge is -2.36. The van der Waals surface area contributed by atoms with E-state index >= 15 is 4.39 Å². The maximum atomic E-state index is 15.1. The summed E-state index contributed by atoms with van der Waals surface area (Å²) in [6.07, 6.45) is 6.22. The lowest BCUT2D eigenvalue weighted by molar-refractivity contribution is -0.136. The van der Waals surface area contributed by atoms with Crippen LogP contribution in [0.5, 0.6) is 0 Å². The maximum absolute atomic E-state index is 15.1. The van der Waals surface area contributed by atoms with E-state index in [1.807, 2.05) is 11.8 Å². The molecule has 0 radical (unpaired) electrons. The molecular formula is C32H41ClF2N4O4S. The zero-order valence-corrected chi connectivity index (χ0v) is 26.9. The second-order valence-corrected chi connectivity index (χ2v) is 15.3. The van der Waals surface area contributed by atoms with Gasteiger partial charge in [-0.3, -0.25) is 19.0 Å². The van der Waals surface area contributed by atoms with Gasteiger partial charge in [0.2, 0.25) is 15.9 Å². The molecule has 3 saturated heterocycles. The molecule has 0 N–H and O–H groups in total. The number of hydrogen-bond donors (Lipinski definition) is 0. The van der Waals surface area contributed by atoms with E-state index in [2.05, 4.69) is 4.90 Å². The molecule has 240 valence electrons. The van der Waals surface area contributed by atoms with Crippen LogP contribution in [-0.4, -0.2) is 87.3 Å². The second kappa shape index (κ2) is 12.8. The van der Waals surface area contributed by atoms with Crippen molar-refractivity contribution in [1.29, 1.82) is 0 Å². The summed E-state index contributed by atoms with van der Waals surface area (Å²) in [4.78, 5) is 23.1.